The van der Waals surface area contributed by atoms with Crippen LogP contribution in [-0.4, -0.2) is 37.7 Å². The van der Waals surface area contributed by atoms with Crippen molar-refractivity contribution >= 4 is 15.9 Å². The van der Waals surface area contributed by atoms with Crippen molar-refractivity contribution in [2.24, 2.45) is 0 Å². The van der Waals surface area contributed by atoms with Crippen molar-refractivity contribution in [1.29, 1.82) is 0 Å². The number of benzene rings is 2. The summed E-state index contributed by atoms with van der Waals surface area (Å²) in [7, 11) is 0. The van der Waals surface area contributed by atoms with Crippen molar-refractivity contribution in [2.75, 3.05) is 32.8 Å². The lowest BCUT2D eigenvalue weighted by Crippen LogP contribution is -2.40. The number of morpholine rings is 1. The minimum Gasteiger partial charge on any atom is -0.492 e. The molecular formula is C18H19BrFNO2. The molecular weight excluding hydrogens is 361 g/mol. The molecule has 2 aromatic rings. The fourth-order valence-corrected chi connectivity index (χ4v) is 3.08. The molecule has 0 aromatic heterocycles. The predicted molar refractivity (Wildman–Crippen MR) is 91.2 cm³/mol. The molecule has 23 heavy (non-hydrogen) atoms. The first-order valence-electron chi connectivity index (χ1n) is 7.68. The molecule has 0 saturated carbocycles. The van der Waals surface area contributed by atoms with Crippen LogP contribution in [0.3, 0.4) is 0 Å². The van der Waals surface area contributed by atoms with Gasteiger partial charge in [-0.3, -0.25) is 4.90 Å². The van der Waals surface area contributed by atoms with Gasteiger partial charge in [-0.05, 0) is 29.8 Å². The van der Waals surface area contributed by atoms with Crippen molar-refractivity contribution < 1.29 is 13.9 Å². The zero-order valence-electron chi connectivity index (χ0n) is 12.8. The van der Waals surface area contributed by atoms with E-state index < -0.39 is 0 Å². The largest absolute Gasteiger partial charge is 0.492 e. The van der Waals surface area contributed by atoms with E-state index in [-0.39, 0.29) is 11.9 Å². The van der Waals surface area contributed by atoms with Gasteiger partial charge in [0.1, 0.15) is 18.2 Å². The van der Waals surface area contributed by atoms with Crippen LogP contribution in [0.1, 0.15) is 11.7 Å². The Kier molecular flexibility index (Phi) is 5.65. The Morgan fingerprint density at radius 1 is 1.22 bits per heavy atom. The van der Waals surface area contributed by atoms with Gasteiger partial charge in [0.15, 0.2) is 0 Å². The molecule has 1 fully saturated rings. The highest BCUT2D eigenvalue weighted by atomic mass is 79.9. The Bertz CT molecular complexity index is 652. The van der Waals surface area contributed by atoms with Gasteiger partial charge in [-0.1, -0.05) is 34.1 Å². The maximum absolute atomic E-state index is 13.1. The Morgan fingerprint density at radius 2 is 2.09 bits per heavy atom. The van der Waals surface area contributed by atoms with Crippen LogP contribution in [0, 0.1) is 5.82 Å². The lowest BCUT2D eigenvalue weighted by Gasteiger charge is -2.33. The van der Waals surface area contributed by atoms with Gasteiger partial charge in [-0.25, -0.2) is 4.39 Å². The molecule has 5 heteroatoms. The van der Waals surface area contributed by atoms with Gasteiger partial charge in [0.2, 0.25) is 0 Å². The fourth-order valence-electron chi connectivity index (χ4n) is 2.66. The standard InChI is InChI=1S/C18H19BrFNO2/c19-15-4-1-3-14(11-15)18-13-21(8-10-23-18)7-9-22-17-6-2-5-16(20)12-17/h1-6,11-12,18H,7-10,13H2. The monoisotopic (exact) mass is 379 g/mol. The second-order valence-electron chi connectivity index (χ2n) is 5.52. The van der Waals surface area contributed by atoms with E-state index in [1.165, 1.54) is 17.7 Å². The van der Waals surface area contributed by atoms with Crippen LogP contribution >= 0.6 is 15.9 Å². The normalized spacial score (nSPS) is 18.8. The summed E-state index contributed by atoms with van der Waals surface area (Å²) in [6, 6.07) is 14.5. The highest BCUT2D eigenvalue weighted by Gasteiger charge is 2.21. The first-order chi connectivity index (χ1) is 11.2. The van der Waals surface area contributed by atoms with Crippen LogP contribution in [-0.2, 0) is 4.74 Å². The molecule has 0 amide bonds. The van der Waals surface area contributed by atoms with Gasteiger partial charge >= 0.3 is 0 Å². The number of rotatable bonds is 5. The van der Waals surface area contributed by atoms with Crippen molar-refractivity contribution in [3.05, 3.63) is 64.4 Å². The second-order valence-corrected chi connectivity index (χ2v) is 6.44. The van der Waals surface area contributed by atoms with Crippen LogP contribution < -0.4 is 4.74 Å². The number of halogens is 2. The first kappa shape index (κ1) is 16.4. The summed E-state index contributed by atoms with van der Waals surface area (Å²) in [6.45, 7) is 3.76. The van der Waals surface area contributed by atoms with E-state index in [0.717, 1.165) is 24.1 Å². The Morgan fingerprint density at radius 3 is 2.91 bits per heavy atom. The number of ether oxygens (including phenoxy) is 2. The highest BCUT2D eigenvalue weighted by molar-refractivity contribution is 9.10. The third kappa shape index (κ3) is 4.77. The molecule has 1 unspecified atom stereocenters. The maximum Gasteiger partial charge on any atom is 0.126 e. The van der Waals surface area contributed by atoms with Crippen molar-refractivity contribution in [2.45, 2.75) is 6.10 Å². The van der Waals surface area contributed by atoms with Gasteiger partial charge in [0.25, 0.3) is 0 Å². The first-order valence-corrected chi connectivity index (χ1v) is 8.48. The van der Waals surface area contributed by atoms with Gasteiger partial charge in [-0.2, -0.15) is 0 Å². The summed E-state index contributed by atoms with van der Waals surface area (Å²) in [5.41, 5.74) is 1.18. The van der Waals surface area contributed by atoms with Crippen molar-refractivity contribution in [3.8, 4) is 5.75 Å². The topological polar surface area (TPSA) is 21.7 Å². The lowest BCUT2D eigenvalue weighted by molar-refractivity contribution is -0.0329. The molecule has 2 aromatic carbocycles. The van der Waals surface area contributed by atoms with Gasteiger partial charge in [-0.15, -0.1) is 0 Å². The molecule has 0 radical (unpaired) electrons. The Labute approximate surface area is 144 Å². The summed E-state index contributed by atoms with van der Waals surface area (Å²) in [6.07, 6.45) is 0.0791. The molecule has 1 saturated heterocycles. The number of hydrogen-bond donors (Lipinski definition) is 0. The van der Waals surface area contributed by atoms with E-state index in [2.05, 4.69) is 33.0 Å². The zero-order chi connectivity index (χ0) is 16.1. The Balaban J connectivity index is 1.51. The van der Waals surface area contributed by atoms with E-state index in [0.29, 0.717) is 19.0 Å². The maximum atomic E-state index is 13.1. The van der Waals surface area contributed by atoms with Gasteiger partial charge < -0.3 is 9.47 Å². The Hall–Kier alpha value is -1.43. The molecule has 0 bridgehead atoms. The minimum atomic E-state index is -0.274. The molecule has 1 aliphatic heterocycles. The number of nitrogens with zero attached hydrogens (tertiary/aromatic N) is 1. The summed E-state index contributed by atoms with van der Waals surface area (Å²) in [5.74, 6) is 0.297. The van der Waals surface area contributed by atoms with Crippen LogP contribution in [0.2, 0.25) is 0 Å². The van der Waals surface area contributed by atoms with Crippen LogP contribution in [0.4, 0.5) is 4.39 Å². The van der Waals surface area contributed by atoms with Gasteiger partial charge in [0, 0.05) is 30.2 Å². The third-order valence-corrected chi connectivity index (χ3v) is 4.34. The SMILES string of the molecule is Fc1cccc(OCCN2CCOC(c3cccc(Br)c3)C2)c1. The summed E-state index contributed by atoms with van der Waals surface area (Å²) in [4.78, 5) is 2.31. The summed E-state index contributed by atoms with van der Waals surface area (Å²) in [5, 5.41) is 0. The third-order valence-electron chi connectivity index (χ3n) is 3.84. The van der Waals surface area contributed by atoms with Crippen LogP contribution in [0.15, 0.2) is 53.0 Å². The predicted octanol–water partition coefficient (Wildman–Crippen LogP) is 4.04. The van der Waals surface area contributed by atoms with Crippen molar-refractivity contribution in [3.63, 3.8) is 0 Å². The second kappa shape index (κ2) is 7.90. The minimum absolute atomic E-state index is 0.0791. The number of hydrogen-bond acceptors (Lipinski definition) is 3. The molecule has 122 valence electrons. The molecule has 3 rings (SSSR count). The molecule has 1 atom stereocenters. The van der Waals surface area contributed by atoms with E-state index in [1.54, 1.807) is 12.1 Å². The zero-order valence-corrected chi connectivity index (χ0v) is 14.3. The highest BCUT2D eigenvalue weighted by Crippen LogP contribution is 2.24. The van der Waals surface area contributed by atoms with E-state index >= 15 is 0 Å². The average Bonchev–Trinajstić information content (AvgIpc) is 2.55. The molecule has 3 nitrogen and oxygen atoms in total. The fraction of sp³-hybridized carbons (Fsp3) is 0.333. The van der Waals surface area contributed by atoms with Crippen LogP contribution in [0.5, 0.6) is 5.75 Å². The van der Waals surface area contributed by atoms with E-state index in [9.17, 15) is 4.39 Å². The summed E-state index contributed by atoms with van der Waals surface area (Å²) >= 11 is 3.50. The van der Waals surface area contributed by atoms with Crippen LogP contribution in [0.25, 0.3) is 0 Å². The molecule has 0 aliphatic carbocycles. The molecule has 0 N–H and O–H groups in total. The lowest BCUT2D eigenvalue weighted by atomic mass is 10.1. The smallest absolute Gasteiger partial charge is 0.126 e. The summed E-state index contributed by atoms with van der Waals surface area (Å²) < 4.78 is 25.7. The molecule has 1 aliphatic rings. The molecule has 1 heterocycles. The van der Waals surface area contributed by atoms with Gasteiger partial charge in [0.05, 0.1) is 12.7 Å². The van der Waals surface area contributed by atoms with Crippen molar-refractivity contribution in [1.82, 2.24) is 4.90 Å². The average molecular weight is 380 g/mol. The molecule has 0 spiro atoms. The van der Waals surface area contributed by atoms with E-state index in [1.807, 2.05) is 12.1 Å². The van der Waals surface area contributed by atoms with E-state index in [4.69, 9.17) is 9.47 Å². The quantitative estimate of drug-likeness (QED) is 0.782.